The van der Waals surface area contributed by atoms with Crippen molar-refractivity contribution in [2.24, 2.45) is 0 Å². The van der Waals surface area contributed by atoms with Gasteiger partial charge < -0.3 is 15.8 Å². The highest BCUT2D eigenvalue weighted by molar-refractivity contribution is 6.33. The minimum absolute atomic E-state index is 0. The third-order valence-electron chi connectivity index (χ3n) is 4.15. The molecule has 150 valence electrons. The molecule has 0 bridgehead atoms. The molecule has 0 aliphatic carbocycles. The number of nitrogens with one attached hydrogen (secondary N) is 1. The van der Waals surface area contributed by atoms with Crippen molar-refractivity contribution in [2.75, 3.05) is 26.4 Å². The van der Waals surface area contributed by atoms with E-state index in [-0.39, 0.29) is 36.8 Å². The number of hydrogen-bond acceptors (Lipinski definition) is 4. The number of nitrogen functional groups attached to an aromatic ring is 1. The minimum Gasteiger partial charge on any atom is -0.496 e. The molecule has 0 heterocycles. The zero-order valence-electron chi connectivity index (χ0n) is 15.6. The lowest BCUT2D eigenvalue weighted by atomic mass is 10.1. The lowest BCUT2D eigenvalue weighted by Crippen LogP contribution is -2.39. The molecule has 1 atom stereocenters. The summed E-state index contributed by atoms with van der Waals surface area (Å²) in [6.07, 6.45) is 0. The van der Waals surface area contributed by atoms with Crippen LogP contribution in [-0.4, -0.2) is 37.6 Å². The smallest absolute Gasteiger partial charge is 0.255 e. The Bertz CT molecular complexity index is 730. The lowest BCUT2D eigenvalue weighted by molar-refractivity contribution is 0.0937. The van der Waals surface area contributed by atoms with Gasteiger partial charge >= 0.3 is 0 Å². The van der Waals surface area contributed by atoms with Crippen LogP contribution in [0.1, 0.15) is 22.8 Å². The van der Waals surface area contributed by atoms with E-state index in [4.69, 9.17) is 22.1 Å². The number of anilines is 1. The number of rotatable bonds is 7. The molecular weight excluding hydrogens is 409 g/mol. The van der Waals surface area contributed by atoms with Gasteiger partial charge in [0, 0.05) is 25.2 Å². The minimum atomic E-state index is -0.237. The molecule has 0 saturated carbocycles. The van der Waals surface area contributed by atoms with Crippen LogP contribution in [0.3, 0.4) is 0 Å². The number of amides is 1. The van der Waals surface area contributed by atoms with Crippen molar-refractivity contribution in [1.82, 2.24) is 10.2 Å². The number of carbonyl (C=O) groups is 1. The SMILES string of the molecule is COc1cc(N)c(Cl)cc1C(=O)NCC(C)N(C)Cc1ccccc1.Cl.Cl. The number of carbonyl (C=O) groups excluding carboxylic acids is 1. The van der Waals surface area contributed by atoms with E-state index >= 15 is 0 Å². The molecule has 5 nitrogen and oxygen atoms in total. The average Bonchev–Trinajstić information content (AvgIpc) is 2.62. The molecule has 0 spiro atoms. The summed E-state index contributed by atoms with van der Waals surface area (Å²) in [5.41, 5.74) is 7.74. The largest absolute Gasteiger partial charge is 0.496 e. The van der Waals surface area contributed by atoms with Crippen LogP contribution in [0.25, 0.3) is 0 Å². The standard InChI is InChI=1S/C19H24ClN3O2.2ClH/c1-13(23(2)12-14-7-5-4-6-8-14)11-22-19(24)15-9-16(20)17(21)10-18(15)25-3;;/h4-10,13H,11-12,21H2,1-3H3,(H,22,24);2*1H. The van der Waals surface area contributed by atoms with Crippen molar-refractivity contribution in [2.45, 2.75) is 19.5 Å². The summed E-state index contributed by atoms with van der Waals surface area (Å²) in [6, 6.07) is 13.5. The number of benzene rings is 2. The summed E-state index contributed by atoms with van der Waals surface area (Å²) in [5, 5.41) is 3.26. The molecule has 2 aromatic carbocycles. The molecule has 0 fully saturated rings. The first-order valence-electron chi connectivity index (χ1n) is 8.07. The third kappa shape index (κ3) is 7.11. The summed E-state index contributed by atoms with van der Waals surface area (Å²) in [5.74, 6) is 0.170. The van der Waals surface area contributed by atoms with Gasteiger partial charge in [0.05, 0.1) is 23.4 Å². The summed E-state index contributed by atoms with van der Waals surface area (Å²) in [4.78, 5) is 14.6. The summed E-state index contributed by atoms with van der Waals surface area (Å²) >= 11 is 6.02. The highest BCUT2D eigenvalue weighted by atomic mass is 35.5. The second-order valence-electron chi connectivity index (χ2n) is 6.03. The van der Waals surface area contributed by atoms with Crippen LogP contribution in [0.2, 0.25) is 5.02 Å². The quantitative estimate of drug-likeness (QED) is 0.646. The van der Waals surface area contributed by atoms with Crippen LogP contribution in [0.4, 0.5) is 5.69 Å². The van der Waals surface area contributed by atoms with E-state index < -0.39 is 0 Å². The Morgan fingerprint density at radius 3 is 2.48 bits per heavy atom. The predicted molar refractivity (Wildman–Crippen MR) is 117 cm³/mol. The van der Waals surface area contributed by atoms with Crippen molar-refractivity contribution in [1.29, 1.82) is 0 Å². The molecular formula is C19H26Cl3N3O2. The van der Waals surface area contributed by atoms with Gasteiger partial charge in [-0.3, -0.25) is 9.69 Å². The number of methoxy groups -OCH3 is 1. The van der Waals surface area contributed by atoms with Gasteiger partial charge in [0.2, 0.25) is 0 Å². The Hall–Kier alpha value is -1.66. The monoisotopic (exact) mass is 433 g/mol. The van der Waals surface area contributed by atoms with Gasteiger partial charge in [0.1, 0.15) is 5.75 Å². The molecule has 27 heavy (non-hydrogen) atoms. The maximum atomic E-state index is 12.5. The van der Waals surface area contributed by atoms with E-state index in [1.165, 1.54) is 18.7 Å². The van der Waals surface area contributed by atoms with Crippen LogP contribution in [0.15, 0.2) is 42.5 Å². The normalized spacial score (nSPS) is 11.1. The number of nitrogens with two attached hydrogens (primary N) is 1. The van der Waals surface area contributed by atoms with Crippen molar-refractivity contribution in [3.63, 3.8) is 0 Å². The van der Waals surface area contributed by atoms with E-state index in [0.29, 0.717) is 28.6 Å². The van der Waals surface area contributed by atoms with Crippen molar-refractivity contribution in [3.8, 4) is 5.75 Å². The second-order valence-corrected chi connectivity index (χ2v) is 6.44. The van der Waals surface area contributed by atoms with Crippen LogP contribution in [-0.2, 0) is 6.54 Å². The maximum Gasteiger partial charge on any atom is 0.255 e. The highest BCUT2D eigenvalue weighted by Crippen LogP contribution is 2.28. The fraction of sp³-hybridized carbons (Fsp3) is 0.316. The van der Waals surface area contributed by atoms with Gasteiger partial charge in [0.25, 0.3) is 5.91 Å². The Labute approximate surface area is 178 Å². The number of halogens is 3. The topological polar surface area (TPSA) is 67.6 Å². The van der Waals surface area contributed by atoms with Crippen LogP contribution in [0, 0.1) is 0 Å². The number of hydrogen-bond donors (Lipinski definition) is 2. The first-order chi connectivity index (χ1) is 11.9. The molecule has 1 amide bonds. The van der Waals surface area contributed by atoms with Gasteiger partial charge in [0.15, 0.2) is 0 Å². The van der Waals surface area contributed by atoms with E-state index in [1.807, 2.05) is 25.2 Å². The molecule has 2 rings (SSSR count). The summed E-state index contributed by atoms with van der Waals surface area (Å²) in [7, 11) is 3.53. The second kappa shape index (κ2) is 11.9. The fourth-order valence-corrected chi connectivity index (χ4v) is 2.60. The van der Waals surface area contributed by atoms with Gasteiger partial charge in [-0.1, -0.05) is 41.9 Å². The van der Waals surface area contributed by atoms with Gasteiger partial charge in [-0.2, -0.15) is 0 Å². The van der Waals surface area contributed by atoms with E-state index in [2.05, 4.69) is 29.3 Å². The molecule has 8 heteroatoms. The van der Waals surface area contributed by atoms with Crippen molar-refractivity contribution in [3.05, 3.63) is 58.6 Å². The molecule has 0 aliphatic heterocycles. The molecule has 0 aromatic heterocycles. The van der Waals surface area contributed by atoms with Crippen LogP contribution in [0.5, 0.6) is 5.75 Å². The van der Waals surface area contributed by atoms with Gasteiger partial charge in [-0.05, 0) is 25.6 Å². The zero-order valence-corrected chi connectivity index (χ0v) is 18.0. The fourth-order valence-electron chi connectivity index (χ4n) is 2.43. The van der Waals surface area contributed by atoms with Gasteiger partial charge in [-0.15, -0.1) is 24.8 Å². The molecule has 0 aliphatic rings. The molecule has 0 radical (unpaired) electrons. The highest BCUT2D eigenvalue weighted by Gasteiger charge is 2.17. The first-order valence-corrected chi connectivity index (χ1v) is 8.45. The summed E-state index contributed by atoms with van der Waals surface area (Å²) in [6.45, 7) is 3.39. The molecule has 3 N–H and O–H groups in total. The average molecular weight is 435 g/mol. The predicted octanol–water partition coefficient (Wildman–Crippen LogP) is 4.02. The molecule has 2 aromatic rings. The summed E-state index contributed by atoms with van der Waals surface area (Å²) < 4.78 is 5.23. The Morgan fingerprint density at radius 2 is 1.89 bits per heavy atom. The lowest BCUT2D eigenvalue weighted by Gasteiger charge is -2.25. The van der Waals surface area contributed by atoms with Crippen molar-refractivity contribution < 1.29 is 9.53 Å². The van der Waals surface area contributed by atoms with E-state index in [1.54, 1.807) is 6.07 Å². The Kier molecular flexibility index (Phi) is 11.2. The van der Waals surface area contributed by atoms with Crippen LogP contribution >= 0.6 is 36.4 Å². The number of nitrogens with zero attached hydrogens (tertiary/aromatic N) is 1. The Morgan fingerprint density at radius 1 is 1.26 bits per heavy atom. The van der Waals surface area contributed by atoms with Crippen LogP contribution < -0.4 is 15.8 Å². The first kappa shape index (κ1) is 25.3. The molecule has 1 unspecified atom stereocenters. The zero-order chi connectivity index (χ0) is 18.4. The van der Waals surface area contributed by atoms with Crippen molar-refractivity contribution >= 4 is 48.0 Å². The number of likely N-dealkylation sites (N-methyl/N-ethyl adjacent to an activating group) is 1. The maximum absolute atomic E-state index is 12.5. The van der Waals surface area contributed by atoms with E-state index in [0.717, 1.165) is 6.54 Å². The Balaban J connectivity index is 0.00000338. The molecule has 0 saturated heterocycles. The van der Waals surface area contributed by atoms with Gasteiger partial charge in [-0.25, -0.2) is 0 Å². The van der Waals surface area contributed by atoms with E-state index in [9.17, 15) is 4.79 Å². The third-order valence-corrected chi connectivity index (χ3v) is 4.48. The number of ether oxygens (including phenoxy) is 1.